The molecule has 25 heavy (non-hydrogen) atoms. The second kappa shape index (κ2) is 7.33. The molecule has 0 amide bonds. The Bertz CT molecular complexity index is 722. The van der Waals surface area contributed by atoms with Gasteiger partial charge in [-0.05, 0) is 57.0 Å². The van der Waals surface area contributed by atoms with Crippen LogP contribution in [0.4, 0.5) is 13.9 Å². The van der Waals surface area contributed by atoms with E-state index in [1.807, 2.05) is 0 Å². The van der Waals surface area contributed by atoms with E-state index in [1.54, 1.807) is 0 Å². The highest BCUT2D eigenvalue weighted by molar-refractivity contribution is 7.18. The van der Waals surface area contributed by atoms with E-state index in [2.05, 4.69) is 20.0 Å². The summed E-state index contributed by atoms with van der Waals surface area (Å²) < 4.78 is 27.3. The Morgan fingerprint density at radius 3 is 2.48 bits per heavy atom. The molecule has 0 aliphatic carbocycles. The molecule has 2 aliphatic rings. The van der Waals surface area contributed by atoms with Crippen LogP contribution in [-0.2, 0) is 0 Å². The highest BCUT2D eigenvalue weighted by Crippen LogP contribution is 2.32. The number of benzene rings is 1. The van der Waals surface area contributed by atoms with Crippen molar-refractivity contribution in [2.45, 2.75) is 38.1 Å². The normalized spacial score (nSPS) is 20.2. The van der Waals surface area contributed by atoms with Crippen LogP contribution in [0.25, 0.3) is 10.6 Å². The van der Waals surface area contributed by atoms with Crippen LogP contribution in [0.5, 0.6) is 0 Å². The highest BCUT2D eigenvalue weighted by atomic mass is 32.1. The van der Waals surface area contributed by atoms with Gasteiger partial charge in [0.25, 0.3) is 0 Å². The van der Waals surface area contributed by atoms with E-state index in [9.17, 15) is 8.78 Å². The van der Waals surface area contributed by atoms with Crippen LogP contribution in [0.1, 0.15) is 32.1 Å². The molecule has 0 bridgehead atoms. The predicted octanol–water partition coefficient (Wildman–Crippen LogP) is 3.94. The smallest absolute Gasteiger partial charge is 0.208 e. The highest BCUT2D eigenvalue weighted by Gasteiger charge is 2.27. The molecule has 4 rings (SSSR count). The van der Waals surface area contributed by atoms with Gasteiger partial charge in [0.15, 0.2) is 5.01 Å². The fourth-order valence-electron chi connectivity index (χ4n) is 3.82. The molecular formula is C18H22F2N4S. The summed E-state index contributed by atoms with van der Waals surface area (Å²) in [4.78, 5) is 4.85. The second-order valence-electron chi connectivity index (χ2n) is 6.83. The third kappa shape index (κ3) is 3.67. The van der Waals surface area contributed by atoms with Gasteiger partial charge in [-0.1, -0.05) is 17.8 Å². The zero-order valence-electron chi connectivity index (χ0n) is 14.1. The third-order valence-electron chi connectivity index (χ3n) is 5.22. The summed E-state index contributed by atoms with van der Waals surface area (Å²) >= 11 is 1.34. The summed E-state index contributed by atoms with van der Waals surface area (Å²) in [6, 6.07) is 4.11. The maximum atomic E-state index is 13.9. The number of aromatic nitrogens is 2. The Hall–Kier alpha value is -1.60. The fourth-order valence-corrected chi connectivity index (χ4v) is 4.73. The van der Waals surface area contributed by atoms with Crippen molar-refractivity contribution >= 4 is 16.5 Å². The molecule has 0 saturated carbocycles. The Morgan fingerprint density at radius 2 is 1.72 bits per heavy atom. The van der Waals surface area contributed by atoms with Crippen molar-refractivity contribution in [1.82, 2.24) is 15.1 Å². The van der Waals surface area contributed by atoms with Crippen molar-refractivity contribution in [3.05, 3.63) is 29.8 Å². The minimum atomic E-state index is -0.465. The van der Waals surface area contributed by atoms with Crippen molar-refractivity contribution in [1.29, 1.82) is 0 Å². The Kier molecular flexibility index (Phi) is 4.94. The number of anilines is 1. The average molecular weight is 364 g/mol. The third-order valence-corrected chi connectivity index (χ3v) is 6.23. The van der Waals surface area contributed by atoms with Crippen molar-refractivity contribution in [3.8, 4) is 10.6 Å². The van der Waals surface area contributed by atoms with E-state index in [1.165, 1.54) is 49.8 Å². The molecule has 134 valence electrons. The lowest BCUT2D eigenvalue weighted by Gasteiger charge is -2.40. The van der Waals surface area contributed by atoms with Crippen LogP contribution in [0.2, 0.25) is 0 Å². The first-order valence-corrected chi connectivity index (χ1v) is 9.80. The number of piperidine rings is 2. The summed E-state index contributed by atoms with van der Waals surface area (Å²) in [5.74, 6) is -0.927. The second-order valence-corrected chi connectivity index (χ2v) is 7.78. The lowest BCUT2D eigenvalue weighted by atomic mass is 10.0. The topological polar surface area (TPSA) is 32.3 Å². The van der Waals surface area contributed by atoms with Crippen molar-refractivity contribution in [3.63, 3.8) is 0 Å². The number of nitrogens with zero attached hydrogens (tertiary/aromatic N) is 4. The minimum absolute atomic E-state index is 0.187. The number of likely N-dealkylation sites (tertiary alicyclic amines) is 1. The quantitative estimate of drug-likeness (QED) is 0.826. The molecule has 0 radical (unpaired) electrons. The number of hydrogen-bond acceptors (Lipinski definition) is 5. The van der Waals surface area contributed by atoms with Crippen molar-refractivity contribution in [2.75, 3.05) is 31.1 Å². The van der Waals surface area contributed by atoms with Gasteiger partial charge in [0.1, 0.15) is 11.6 Å². The Labute approximate surface area is 150 Å². The van der Waals surface area contributed by atoms with Gasteiger partial charge in [-0.15, -0.1) is 10.2 Å². The van der Waals surface area contributed by atoms with E-state index < -0.39 is 11.6 Å². The van der Waals surface area contributed by atoms with Gasteiger partial charge in [0.2, 0.25) is 5.13 Å². The van der Waals surface area contributed by atoms with E-state index >= 15 is 0 Å². The average Bonchev–Trinajstić information content (AvgIpc) is 3.14. The lowest BCUT2D eigenvalue weighted by Crippen LogP contribution is -2.46. The van der Waals surface area contributed by atoms with E-state index in [-0.39, 0.29) is 5.56 Å². The molecule has 1 aromatic heterocycles. The number of hydrogen-bond donors (Lipinski definition) is 0. The summed E-state index contributed by atoms with van der Waals surface area (Å²) in [5, 5.41) is 9.54. The molecule has 2 aromatic rings. The van der Waals surface area contributed by atoms with E-state index in [0.717, 1.165) is 43.2 Å². The number of halogens is 2. The zero-order valence-corrected chi connectivity index (χ0v) is 14.9. The summed E-state index contributed by atoms with van der Waals surface area (Å²) in [6.07, 6.45) is 6.25. The molecule has 4 nitrogen and oxygen atoms in total. The zero-order chi connectivity index (χ0) is 17.2. The monoisotopic (exact) mass is 364 g/mol. The van der Waals surface area contributed by atoms with E-state index in [0.29, 0.717) is 11.0 Å². The molecule has 0 atom stereocenters. The molecule has 3 heterocycles. The molecule has 0 spiro atoms. The first kappa shape index (κ1) is 16.8. The summed E-state index contributed by atoms with van der Waals surface area (Å²) in [6.45, 7) is 4.35. The van der Waals surface area contributed by atoms with Crippen LogP contribution in [-0.4, -0.2) is 47.3 Å². The molecule has 7 heteroatoms. The van der Waals surface area contributed by atoms with Gasteiger partial charge in [-0.2, -0.15) is 0 Å². The predicted molar refractivity (Wildman–Crippen MR) is 95.9 cm³/mol. The molecule has 0 N–H and O–H groups in total. The summed E-state index contributed by atoms with van der Waals surface area (Å²) in [7, 11) is 0. The van der Waals surface area contributed by atoms with Gasteiger partial charge >= 0.3 is 0 Å². The molecule has 2 aliphatic heterocycles. The Balaban J connectivity index is 1.42. The van der Waals surface area contributed by atoms with Crippen LogP contribution in [0.3, 0.4) is 0 Å². The van der Waals surface area contributed by atoms with Crippen molar-refractivity contribution < 1.29 is 8.78 Å². The lowest BCUT2D eigenvalue weighted by molar-refractivity contribution is 0.141. The SMILES string of the molecule is Fc1ccc(F)c(-c2nnc(N3CCC(N4CCCCC4)CC3)s2)c1. The van der Waals surface area contributed by atoms with E-state index in [4.69, 9.17) is 0 Å². The molecule has 2 fully saturated rings. The maximum absolute atomic E-state index is 13.9. The first-order valence-electron chi connectivity index (χ1n) is 8.98. The van der Waals surface area contributed by atoms with Crippen molar-refractivity contribution in [2.24, 2.45) is 0 Å². The number of rotatable bonds is 3. The van der Waals surface area contributed by atoms with Gasteiger partial charge in [-0.25, -0.2) is 8.78 Å². The summed E-state index contributed by atoms with van der Waals surface area (Å²) in [5.41, 5.74) is 0.187. The van der Waals surface area contributed by atoms with Crippen LogP contribution >= 0.6 is 11.3 Å². The molecule has 0 unspecified atom stereocenters. The van der Waals surface area contributed by atoms with Gasteiger partial charge in [0.05, 0.1) is 5.56 Å². The molecular weight excluding hydrogens is 342 g/mol. The first-order chi connectivity index (χ1) is 12.2. The largest absolute Gasteiger partial charge is 0.347 e. The minimum Gasteiger partial charge on any atom is -0.347 e. The molecule has 1 aromatic carbocycles. The van der Waals surface area contributed by atoms with Crippen LogP contribution < -0.4 is 4.90 Å². The maximum Gasteiger partial charge on any atom is 0.208 e. The standard InChI is InChI=1S/C18H22F2N4S/c19-13-4-5-16(20)15(12-13)17-21-22-18(25-17)24-10-6-14(7-11-24)23-8-2-1-3-9-23/h4-5,12,14H,1-3,6-11H2. The fraction of sp³-hybridized carbons (Fsp3) is 0.556. The van der Waals surface area contributed by atoms with Crippen LogP contribution in [0.15, 0.2) is 18.2 Å². The van der Waals surface area contributed by atoms with Gasteiger partial charge in [0, 0.05) is 19.1 Å². The van der Waals surface area contributed by atoms with Gasteiger partial charge < -0.3 is 9.80 Å². The van der Waals surface area contributed by atoms with Gasteiger partial charge in [-0.3, -0.25) is 0 Å². The van der Waals surface area contributed by atoms with Crippen LogP contribution in [0, 0.1) is 11.6 Å². The Morgan fingerprint density at radius 1 is 0.960 bits per heavy atom. The molecule has 2 saturated heterocycles.